The van der Waals surface area contributed by atoms with Crippen molar-refractivity contribution in [1.29, 1.82) is 0 Å². The van der Waals surface area contributed by atoms with E-state index in [4.69, 9.17) is 9.15 Å². The van der Waals surface area contributed by atoms with Crippen LogP contribution in [0.3, 0.4) is 0 Å². The zero-order valence-corrected chi connectivity index (χ0v) is 14.9. The van der Waals surface area contributed by atoms with E-state index in [1.54, 1.807) is 12.0 Å². The topological polar surface area (TPSA) is 67.6 Å². The number of oxazole rings is 1. The first-order chi connectivity index (χ1) is 12.6. The minimum atomic E-state index is -0.123. The van der Waals surface area contributed by atoms with Crippen molar-refractivity contribution in [1.82, 2.24) is 9.88 Å². The van der Waals surface area contributed by atoms with Gasteiger partial charge in [0.15, 0.2) is 5.58 Å². The van der Waals surface area contributed by atoms with Crippen molar-refractivity contribution in [2.24, 2.45) is 0 Å². The molecule has 1 unspecified atom stereocenters. The summed E-state index contributed by atoms with van der Waals surface area (Å²) in [5.41, 5.74) is 4.19. The lowest BCUT2D eigenvalue weighted by Crippen LogP contribution is -2.33. The standard InChI is InChI=1S/C20H21N3O3/c1-13-4-3-5-14(10-13)19-22-17-7-6-15(11-18(17)26-19)21-20(24)23-9-8-16(12-23)25-2/h3-7,10-11,16H,8-9,12H2,1-2H3,(H,21,24). The van der Waals surface area contributed by atoms with Crippen molar-refractivity contribution in [3.05, 3.63) is 48.0 Å². The van der Waals surface area contributed by atoms with E-state index in [0.717, 1.165) is 23.1 Å². The van der Waals surface area contributed by atoms with E-state index < -0.39 is 0 Å². The highest BCUT2D eigenvalue weighted by atomic mass is 16.5. The van der Waals surface area contributed by atoms with Gasteiger partial charge in [-0.1, -0.05) is 17.7 Å². The quantitative estimate of drug-likeness (QED) is 0.773. The average molecular weight is 351 g/mol. The molecule has 2 heterocycles. The number of nitrogens with one attached hydrogen (secondary N) is 1. The number of hydrogen-bond acceptors (Lipinski definition) is 4. The van der Waals surface area contributed by atoms with Crippen LogP contribution in [0.1, 0.15) is 12.0 Å². The summed E-state index contributed by atoms with van der Waals surface area (Å²) >= 11 is 0. The Labute approximate surface area is 151 Å². The number of nitrogens with zero attached hydrogens (tertiary/aromatic N) is 2. The Hall–Kier alpha value is -2.86. The second kappa shape index (κ2) is 6.80. The number of aromatic nitrogens is 1. The lowest BCUT2D eigenvalue weighted by Gasteiger charge is -2.16. The maximum atomic E-state index is 12.4. The third kappa shape index (κ3) is 3.28. The Morgan fingerprint density at radius 1 is 1.31 bits per heavy atom. The minimum absolute atomic E-state index is 0.120. The number of carbonyl (C=O) groups excluding carboxylic acids is 1. The largest absolute Gasteiger partial charge is 0.436 e. The summed E-state index contributed by atoms with van der Waals surface area (Å²) in [5, 5.41) is 2.92. The molecule has 6 heteroatoms. The SMILES string of the molecule is COC1CCN(C(=O)Nc2ccc3nc(-c4cccc(C)c4)oc3c2)C1. The summed E-state index contributed by atoms with van der Waals surface area (Å²) in [6.45, 7) is 3.35. The number of hydrogen-bond donors (Lipinski definition) is 1. The molecule has 0 aliphatic carbocycles. The first-order valence-electron chi connectivity index (χ1n) is 8.69. The number of aryl methyl sites for hydroxylation is 1. The van der Waals surface area contributed by atoms with Gasteiger partial charge in [0.25, 0.3) is 0 Å². The fourth-order valence-corrected chi connectivity index (χ4v) is 3.21. The number of amides is 2. The highest BCUT2D eigenvalue weighted by Crippen LogP contribution is 2.27. The molecule has 134 valence electrons. The summed E-state index contributed by atoms with van der Waals surface area (Å²) in [7, 11) is 1.68. The molecule has 2 aromatic carbocycles. The van der Waals surface area contributed by atoms with Gasteiger partial charge in [0.1, 0.15) is 5.52 Å². The van der Waals surface area contributed by atoms with Gasteiger partial charge < -0.3 is 19.4 Å². The van der Waals surface area contributed by atoms with Gasteiger partial charge >= 0.3 is 6.03 Å². The summed E-state index contributed by atoms with van der Waals surface area (Å²) < 4.78 is 11.2. The number of urea groups is 1. The van der Waals surface area contributed by atoms with E-state index in [1.807, 2.05) is 49.4 Å². The number of methoxy groups -OCH3 is 1. The number of rotatable bonds is 3. The molecule has 1 aliphatic heterocycles. The van der Waals surface area contributed by atoms with Gasteiger partial charge in [-0.15, -0.1) is 0 Å². The molecule has 2 amide bonds. The molecule has 1 N–H and O–H groups in total. The van der Waals surface area contributed by atoms with Gasteiger partial charge in [-0.25, -0.2) is 9.78 Å². The Balaban J connectivity index is 1.53. The monoisotopic (exact) mass is 351 g/mol. The molecule has 1 saturated heterocycles. The summed E-state index contributed by atoms with van der Waals surface area (Å²) in [6, 6.07) is 13.4. The van der Waals surface area contributed by atoms with Crippen molar-refractivity contribution in [3.8, 4) is 11.5 Å². The lowest BCUT2D eigenvalue weighted by molar-refractivity contribution is 0.111. The van der Waals surface area contributed by atoms with Gasteiger partial charge in [-0.2, -0.15) is 0 Å². The number of benzene rings is 2. The summed E-state index contributed by atoms with van der Waals surface area (Å²) in [5.74, 6) is 0.578. The molecule has 1 aromatic heterocycles. The molecule has 3 aromatic rings. The number of ether oxygens (including phenoxy) is 1. The van der Waals surface area contributed by atoms with Crippen molar-refractivity contribution >= 4 is 22.8 Å². The third-order valence-corrected chi connectivity index (χ3v) is 4.67. The Morgan fingerprint density at radius 2 is 2.19 bits per heavy atom. The molecule has 0 spiro atoms. The van der Waals surface area contributed by atoms with Crippen molar-refractivity contribution in [2.45, 2.75) is 19.4 Å². The van der Waals surface area contributed by atoms with Crippen LogP contribution in [0.2, 0.25) is 0 Å². The molecule has 1 aliphatic rings. The van der Waals surface area contributed by atoms with Crippen LogP contribution in [0.25, 0.3) is 22.6 Å². The molecule has 0 bridgehead atoms. The fourth-order valence-electron chi connectivity index (χ4n) is 3.21. The van der Waals surface area contributed by atoms with Crippen molar-refractivity contribution in [3.63, 3.8) is 0 Å². The van der Waals surface area contributed by atoms with E-state index in [-0.39, 0.29) is 12.1 Å². The van der Waals surface area contributed by atoms with Crippen LogP contribution in [0.15, 0.2) is 46.9 Å². The van der Waals surface area contributed by atoms with E-state index in [0.29, 0.717) is 30.3 Å². The van der Waals surface area contributed by atoms with Crippen LogP contribution in [-0.2, 0) is 4.74 Å². The van der Waals surface area contributed by atoms with Crippen molar-refractivity contribution < 1.29 is 13.9 Å². The predicted octanol–water partition coefficient (Wildman–Crippen LogP) is 4.06. The van der Waals surface area contributed by atoms with Crippen LogP contribution < -0.4 is 5.32 Å². The van der Waals surface area contributed by atoms with Gasteiger partial charge in [0.2, 0.25) is 5.89 Å². The Morgan fingerprint density at radius 3 is 2.96 bits per heavy atom. The number of anilines is 1. The highest BCUT2D eigenvalue weighted by molar-refractivity contribution is 5.92. The normalized spacial score (nSPS) is 17.0. The third-order valence-electron chi connectivity index (χ3n) is 4.67. The Bertz CT molecular complexity index is 950. The molecule has 4 rings (SSSR count). The van der Waals surface area contributed by atoms with Gasteiger partial charge in [0, 0.05) is 37.5 Å². The first-order valence-corrected chi connectivity index (χ1v) is 8.69. The first kappa shape index (κ1) is 16.6. The number of carbonyl (C=O) groups is 1. The minimum Gasteiger partial charge on any atom is -0.436 e. The molecule has 26 heavy (non-hydrogen) atoms. The molecular formula is C20H21N3O3. The van der Waals surface area contributed by atoms with Crippen LogP contribution in [0, 0.1) is 6.92 Å². The smallest absolute Gasteiger partial charge is 0.321 e. The summed E-state index contributed by atoms with van der Waals surface area (Å²) in [6.07, 6.45) is 0.986. The fraction of sp³-hybridized carbons (Fsp3) is 0.300. The predicted molar refractivity (Wildman–Crippen MR) is 100 cm³/mol. The maximum absolute atomic E-state index is 12.4. The highest BCUT2D eigenvalue weighted by Gasteiger charge is 2.26. The number of fused-ring (bicyclic) bond motifs is 1. The van der Waals surface area contributed by atoms with Crippen LogP contribution in [0.4, 0.5) is 10.5 Å². The molecule has 0 radical (unpaired) electrons. The molecule has 1 fully saturated rings. The van der Waals surface area contributed by atoms with E-state index in [2.05, 4.69) is 10.3 Å². The maximum Gasteiger partial charge on any atom is 0.321 e. The molecule has 6 nitrogen and oxygen atoms in total. The Kier molecular flexibility index (Phi) is 4.34. The second-order valence-corrected chi connectivity index (χ2v) is 6.59. The van der Waals surface area contributed by atoms with E-state index in [9.17, 15) is 4.79 Å². The average Bonchev–Trinajstić information content (AvgIpc) is 3.28. The second-order valence-electron chi connectivity index (χ2n) is 6.59. The van der Waals surface area contributed by atoms with E-state index >= 15 is 0 Å². The van der Waals surface area contributed by atoms with Crippen LogP contribution in [0.5, 0.6) is 0 Å². The zero-order valence-electron chi connectivity index (χ0n) is 14.9. The molecule has 1 atom stereocenters. The summed E-state index contributed by atoms with van der Waals surface area (Å²) in [4.78, 5) is 18.7. The van der Waals surface area contributed by atoms with E-state index in [1.165, 1.54) is 0 Å². The van der Waals surface area contributed by atoms with Crippen LogP contribution in [-0.4, -0.2) is 42.2 Å². The molecule has 0 saturated carbocycles. The van der Waals surface area contributed by atoms with Crippen LogP contribution >= 0.6 is 0 Å². The van der Waals surface area contributed by atoms with Crippen molar-refractivity contribution in [2.75, 3.05) is 25.5 Å². The molecular weight excluding hydrogens is 330 g/mol. The van der Waals surface area contributed by atoms with Gasteiger partial charge in [0.05, 0.1) is 6.10 Å². The zero-order chi connectivity index (χ0) is 18.1. The van der Waals surface area contributed by atoms with Gasteiger partial charge in [-0.05, 0) is 37.6 Å². The lowest BCUT2D eigenvalue weighted by atomic mass is 10.1. The van der Waals surface area contributed by atoms with Gasteiger partial charge in [-0.3, -0.25) is 0 Å². The number of likely N-dealkylation sites (tertiary alicyclic amines) is 1.